The van der Waals surface area contributed by atoms with E-state index in [2.05, 4.69) is 53.5 Å². The number of pyridine rings is 1. The highest BCUT2D eigenvalue weighted by Gasteiger charge is 2.20. The summed E-state index contributed by atoms with van der Waals surface area (Å²) in [6.45, 7) is 4.03. The summed E-state index contributed by atoms with van der Waals surface area (Å²) in [5, 5.41) is 22.3. The average Bonchev–Trinajstić information content (AvgIpc) is 2.79. The molecule has 2 aromatic carbocycles. The topological polar surface area (TPSA) is 82.8 Å². The molecule has 2 N–H and O–H groups in total. The monoisotopic (exact) mass is 430 g/mol. The summed E-state index contributed by atoms with van der Waals surface area (Å²) in [4.78, 5) is 14.9. The summed E-state index contributed by atoms with van der Waals surface area (Å²) in [5.41, 5.74) is 7.12. The molecule has 3 aromatic rings. The molecule has 0 aliphatic heterocycles. The van der Waals surface area contributed by atoms with E-state index in [9.17, 15) is 10.0 Å². The molecule has 1 aromatic heterocycles. The van der Waals surface area contributed by atoms with E-state index >= 15 is 0 Å². The molecule has 0 bridgehead atoms. The maximum absolute atomic E-state index is 10.7. The van der Waals surface area contributed by atoms with Crippen LogP contribution in [0.25, 0.3) is 0 Å². The molecule has 32 heavy (non-hydrogen) atoms. The summed E-state index contributed by atoms with van der Waals surface area (Å²) in [6, 6.07) is 20.6. The smallest absolute Gasteiger partial charge is 0.303 e. The fourth-order valence-corrected chi connectivity index (χ4v) is 4.04. The van der Waals surface area contributed by atoms with E-state index in [0.717, 1.165) is 29.7 Å². The number of carboxylic acids is 1. The number of rotatable bonds is 10. The third-order valence-electron chi connectivity index (χ3n) is 5.80. The van der Waals surface area contributed by atoms with E-state index in [1.165, 1.54) is 16.7 Å². The molecule has 0 aliphatic rings. The standard InChI is InChI=1S/C27H30N2O3/c1-19-7-3-5-9-24(19)25(18-26(29-32)23-15-16-28-20(2)17-23)22-13-11-21(12-14-22)8-4-6-10-27(30)31/h3,5,7,9,11-17,25,32H,4,6,8,10,18H2,1-2H3,(H,30,31). The van der Waals surface area contributed by atoms with Gasteiger partial charge in [0.25, 0.3) is 0 Å². The van der Waals surface area contributed by atoms with Gasteiger partial charge in [0, 0.05) is 36.2 Å². The number of aliphatic carboxylic acids is 1. The van der Waals surface area contributed by atoms with Crippen LogP contribution in [-0.4, -0.2) is 27.0 Å². The van der Waals surface area contributed by atoms with Gasteiger partial charge in [0.15, 0.2) is 0 Å². The highest BCUT2D eigenvalue weighted by Crippen LogP contribution is 2.32. The number of hydrogen-bond acceptors (Lipinski definition) is 4. The van der Waals surface area contributed by atoms with Gasteiger partial charge < -0.3 is 10.3 Å². The normalized spacial score (nSPS) is 12.5. The molecule has 1 unspecified atom stereocenters. The number of unbranched alkanes of at least 4 members (excludes halogenated alkanes) is 1. The molecule has 0 radical (unpaired) electrons. The van der Waals surface area contributed by atoms with Crippen molar-refractivity contribution < 1.29 is 15.1 Å². The van der Waals surface area contributed by atoms with E-state index in [4.69, 9.17) is 5.11 Å². The molecule has 3 rings (SSSR count). The van der Waals surface area contributed by atoms with Crippen LogP contribution in [0.3, 0.4) is 0 Å². The van der Waals surface area contributed by atoms with Crippen molar-refractivity contribution >= 4 is 11.7 Å². The number of hydrogen-bond donors (Lipinski definition) is 2. The Hall–Kier alpha value is -3.47. The molecule has 1 atom stereocenters. The fourth-order valence-electron chi connectivity index (χ4n) is 4.04. The zero-order valence-electron chi connectivity index (χ0n) is 18.7. The Labute approximate surface area is 189 Å². The zero-order chi connectivity index (χ0) is 22.9. The second-order valence-corrected chi connectivity index (χ2v) is 8.19. The Morgan fingerprint density at radius 3 is 2.44 bits per heavy atom. The molecule has 0 amide bonds. The maximum Gasteiger partial charge on any atom is 0.303 e. The number of nitrogens with zero attached hydrogens (tertiary/aromatic N) is 2. The summed E-state index contributed by atoms with van der Waals surface area (Å²) in [7, 11) is 0. The van der Waals surface area contributed by atoms with E-state index in [-0.39, 0.29) is 12.3 Å². The van der Waals surface area contributed by atoms with Crippen molar-refractivity contribution in [2.45, 2.75) is 51.9 Å². The van der Waals surface area contributed by atoms with Crippen molar-refractivity contribution in [2.75, 3.05) is 0 Å². The van der Waals surface area contributed by atoms with Gasteiger partial charge in [0.2, 0.25) is 0 Å². The van der Waals surface area contributed by atoms with Crippen molar-refractivity contribution in [3.05, 3.63) is 100 Å². The van der Waals surface area contributed by atoms with Gasteiger partial charge in [-0.05, 0) is 67.5 Å². The van der Waals surface area contributed by atoms with Crippen molar-refractivity contribution in [3.8, 4) is 0 Å². The van der Waals surface area contributed by atoms with Crippen molar-refractivity contribution in [3.63, 3.8) is 0 Å². The predicted octanol–water partition coefficient (Wildman–Crippen LogP) is 5.90. The maximum atomic E-state index is 10.7. The lowest BCUT2D eigenvalue weighted by Gasteiger charge is -2.21. The van der Waals surface area contributed by atoms with Crippen molar-refractivity contribution in [2.24, 2.45) is 5.16 Å². The Morgan fingerprint density at radius 1 is 1.03 bits per heavy atom. The Bertz CT molecular complexity index is 1070. The Morgan fingerprint density at radius 2 is 1.78 bits per heavy atom. The molecule has 0 spiro atoms. The number of carbonyl (C=O) groups is 1. The SMILES string of the molecule is Cc1cc(C(CC(c2ccc(CCCCC(=O)O)cc2)c2ccccc2C)=NO)ccn1. The van der Waals surface area contributed by atoms with Gasteiger partial charge >= 0.3 is 5.97 Å². The van der Waals surface area contributed by atoms with Crippen molar-refractivity contribution in [1.82, 2.24) is 4.98 Å². The molecule has 5 heteroatoms. The van der Waals surface area contributed by atoms with Gasteiger partial charge in [-0.1, -0.05) is 53.7 Å². The first kappa shape index (κ1) is 23.2. The highest BCUT2D eigenvalue weighted by molar-refractivity contribution is 6.00. The molecule has 0 saturated carbocycles. The first-order valence-electron chi connectivity index (χ1n) is 11.0. The lowest BCUT2D eigenvalue weighted by molar-refractivity contribution is -0.137. The molecule has 0 fully saturated rings. The first-order chi connectivity index (χ1) is 15.5. The van der Waals surface area contributed by atoms with Gasteiger partial charge in [-0.3, -0.25) is 9.78 Å². The lowest BCUT2D eigenvalue weighted by Crippen LogP contribution is -2.12. The van der Waals surface area contributed by atoms with Crippen LogP contribution < -0.4 is 0 Å². The first-order valence-corrected chi connectivity index (χ1v) is 11.0. The lowest BCUT2D eigenvalue weighted by atomic mass is 9.83. The van der Waals surface area contributed by atoms with Gasteiger partial charge in [0.05, 0.1) is 5.71 Å². The Kier molecular flexibility index (Phi) is 8.14. The second kappa shape index (κ2) is 11.2. The van der Waals surface area contributed by atoms with Crippen LogP contribution in [0.15, 0.2) is 72.0 Å². The minimum absolute atomic E-state index is 0.0385. The molecule has 1 heterocycles. The predicted molar refractivity (Wildman–Crippen MR) is 127 cm³/mol. The van der Waals surface area contributed by atoms with Crippen LogP contribution in [0.2, 0.25) is 0 Å². The third kappa shape index (κ3) is 6.27. The van der Waals surface area contributed by atoms with Crippen LogP contribution in [0.1, 0.15) is 65.1 Å². The summed E-state index contributed by atoms with van der Waals surface area (Å²) >= 11 is 0. The second-order valence-electron chi connectivity index (χ2n) is 8.19. The fraction of sp³-hybridized carbons (Fsp3) is 0.296. The number of aromatic nitrogens is 1. The van der Waals surface area contributed by atoms with Crippen molar-refractivity contribution in [1.29, 1.82) is 0 Å². The van der Waals surface area contributed by atoms with Crippen LogP contribution in [0.4, 0.5) is 0 Å². The van der Waals surface area contributed by atoms with E-state index < -0.39 is 5.97 Å². The number of carboxylic acid groups (broad SMARTS) is 1. The van der Waals surface area contributed by atoms with Gasteiger partial charge in [-0.15, -0.1) is 0 Å². The number of aryl methyl sites for hydroxylation is 3. The van der Waals surface area contributed by atoms with Crippen LogP contribution in [0.5, 0.6) is 0 Å². The van der Waals surface area contributed by atoms with E-state index in [1.807, 2.05) is 31.2 Å². The van der Waals surface area contributed by atoms with Gasteiger partial charge in [-0.2, -0.15) is 0 Å². The Balaban J connectivity index is 1.85. The van der Waals surface area contributed by atoms with E-state index in [1.54, 1.807) is 6.20 Å². The summed E-state index contributed by atoms with van der Waals surface area (Å²) in [6.07, 6.45) is 4.91. The molecular weight excluding hydrogens is 400 g/mol. The molecule has 0 aliphatic carbocycles. The van der Waals surface area contributed by atoms with Crippen LogP contribution in [0, 0.1) is 13.8 Å². The van der Waals surface area contributed by atoms with Gasteiger partial charge in [-0.25, -0.2) is 0 Å². The summed E-state index contributed by atoms with van der Waals surface area (Å²) in [5.74, 6) is -0.705. The van der Waals surface area contributed by atoms with Crippen LogP contribution >= 0.6 is 0 Å². The number of oxime groups is 1. The summed E-state index contributed by atoms with van der Waals surface area (Å²) < 4.78 is 0. The largest absolute Gasteiger partial charge is 0.481 e. The quantitative estimate of drug-likeness (QED) is 0.182. The van der Waals surface area contributed by atoms with Gasteiger partial charge in [0.1, 0.15) is 0 Å². The highest BCUT2D eigenvalue weighted by atomic mass is 16.4. The molecule has 0 saturated heterocycles. The minimum atomic E-state index is -0.743. The molecule has 166 valence electrons. The average molecular weight is 431 g/mol. The zero-order valence-corrected chi connectivity index (χ0v) is 18.7. The molecular formula is C27H30N2O3. The minimum Gasteiger partial charge on any atom is -0.481 e. The van der Waals surface area contributed by atoms with E-state index in [0.29, 0.717) is 18.6 Å². The third-order valence-corrected chi connectivity index (χ3v) is 5.80. The molecule has 5 nitrogen and oxygen atoms in total. The van der Waals surface area contributed by atoms with Crippen LogP contribution in [-0.2, 0) is 11.2 Å². The number of benzene rings is 2.